The van der Waals surface area contributed by atoms with Gasteiger partial charge in [0.1, 0.15) is 5.75 Å². The van der Waals surface area contributed by atoms with Crippen LogP contribution in [0.25, 0.3) is 11.4 Å². The quantitative estimate of drug-likeness (QED) is 0.360. The second-order valence-corrected chi connectivity index (χ2v) is 9.36. The highest BCUT2D eigenvalue weighted by atomic mass is 16.5. The predicted octanol–water partition coefficient (Wildman–Crippen LogP) is 6.48. The van der Waals surface area contributed by atoms with E-state index in [1.54, 1.807) is 0 Å². The Balaban J connectivity index is 1.37. The van der Waals surface area contributed by atoms with Gasteiger partial charge in [0.25, 0.3) is 11.8 Å². The van der Waals surface area contributed by atoms with Crippen molar-refractivity contribution in [2.75, 3.05) is 5.32 Å². The van der Waals surface area contributed by atoms with Crippen molar-refractivity contribution in [2.45, 2.75) is 46.6 Å². The van der Waals surface area contributed by atoms with Gasteiger partial charge in [-0.15, -0.1) is 0 Å². The number of anilines is 1. The zero-order valence-corrected chi connectivity index (χ0v) is 20.2. The molecule has 0 unspecified atom stereocenters. The molecule has 3 aromatic carbocycles. The Bertz CT molecular complexity index is 1280. The lowest BCUT2D eigenvalue weighted by molar-refractivity contribution is 0.102. The monoisotopic (exact) mass is 455 g/mol. The van der Waals surface area contributed by atoms with E-state index in [2.05, 4.69) is 36.2 Å². The van der Waals surface area contributed by atoms with Crippen LogP contribution in [0.1, 0.15) is 53.7 Å². The molecule has 1 aromatic heterocycles. The van der Waals surface area contributed by atoms with Crippen LogP contribution < -0.4 is 10.1 Å². The fourth-order valence-electron chi connectivity index (χ4n) is 3.48. The van der Waals surface area contributed by atoms with Crippen LogP contribution in [0.2, 0.25) is 0 Å². The van der Waals surface area contributed by atoms with Crippen LogP contribution in [0.4, 0.5) is 5.69 Å². The number of carbonyl (C=O) groups excluding carboxylic acids is 1. The smallest absolute Gasteiger partial charge is 0.264 e. The van der Waals surface area contributed by atoms with Crippen LogP contribution >= 0.6 is 0 Å². The summed E-state index contributed by atoms with van der Waals surface area (Å²) in [5.41, 5.74) is 5.58. The Kier molecular flexibility index (Phi) is 6.50. The molecule has 0 saturated heterocycles. The fourth-order valence-corrected chi connectivity index (χ4v) is 3.48. The van der Waals surface area contributed by atoms with Crippen LogP contribution in [0.5, 0.6) is 5.75 Å². The number of nitrogens with one attached hydrogen (secondary N) is 1. The van der Waals surface area contributed by atoms with Crippen molar-refractivity contribution in [1.29, 1.82) is 0 Å². The minimum atomic E-state index is -0.154. The molecule has 1 amide bonds. The second kappa shape index (κ2) is 9.51. The van der Waals surface area contributed by atoms with E-state index >= 15 is 0 Å². The molecule has 1 N–H and O–H groups in total. The fraction of sp³-hybridized carbons (Fsp3) is 0.250. The molecule has 1 heterocycles. The SMILES string of the molecule is Cc1cccc(OCc2nc(-c3ccc(NC(=O)c4ccc(C(C)(C)C)cc4)cc3)no2)c1C. The lowest BCUT2D eigenvalue weighted by Crippen LogP contribution is -2.14. The lowest BCUT2D eigenvalue weighted by atomic mass is 9.87. The highest BCUT2D eigenvalue weighted by Crippen LogP contribution is 2.24. The summed E-state index contributed by atoms with van der Waals surface area (Å²) in [5.74, 6) is 1.51. The van der Waals surface area contributed by atoms with Crippen molar-refractivity contribution in [3.05, 3.63) is 94.9 Å². The zero-order chi connectivity index (χ0) is 24.3. The molecule has 0 atom stereocenters. The van der Waals surface area contributed by atoms with Gasteiger partial charge in [-0.2, -0.15) is 4.98 Å². The topological polar surface area (TPSA) is 77.2 Å². The largest absolute Gasteiger partial charge is 0.483 e. The summed E-state index contributed by atoms with van der Waals surface area (Å²) in [6, 6.07) is 20.9. The van der Waals surface area contributed by atoms with Gasteiger partial charge in [-0.1, -0.05) is 50.2 Å². The molecule has 4 aromatic rings. The first-order valence-corrected chi connectivity index (χ1v) is 11.2. The number of rotatable bonds is 6. The van der Waals surface area contributed by atoms with Gasteiger partial charge in [-0.3, -0.25) is 4.79 Å². The number of aromatic nitrogens is 2. The van der Waals surface area contributed by atoms with Crippen molar-refractivity contribution >= 4 is 11.6 Å². The molecule has 0 spiro atoms. The Morgan fingerprint density at radius 3 is 2.35 bits per heavy atom. The summed E-state index contributed by atoms with van der Waals surface area (Å²) in [6.07, 6.45) is 0. The normalized spacial score (nSPS) is 11.3. The first-order chi connectivity index (χ1) is 16.2. The van der Waals surface area contributed by atoms with E-state index in [1.165, 1.54) is 5.56 Å². The van der Waals surface area contributed by atoms with Crippen LogP contribution in [0, 0.1) is 13.8 Å². The molecule has 34 heavy (non-hydrogen) atoms. The first-order valence-electron chi connectivity index (χ1n) is 11.2. The molecule has 6 nitrogen and oxygen atoms in total. The molecular formula is C28H29N3O3. The molecule has 0 aliphatic rings. The maximum atomic E-state index is 12.6. The Labute approximate surface area is 200 Å². The summed E-state index contributed by atoms with van der Waals surface area (Å²) >= 11 is 0. The molecule has 174 valence electrons. The number of benzene rings is 3. The van der Waals surface area contributed by atoms with Crippen LogP contribution in [-0.2, 0) is 12.0 Å². The minimum absolute atomic E-state index is 0.0471. The second-order valence-electron chi connectivity index (χ2n) is 9.36. The number of ether oxygens (including phenoxy) is 1. The number of amides is 1. The van der Waals surface area contributed by atoms with E-state index in [9.17, 15) is 4.79 Å². The molecule has 0 radical (unpaired) electrons. The molecule has 0 fully saturated rings. The molecule has 6 heteroatoms. The van der Waals surface area contributed by atoms with E-state index in [0.717, 1.165) is 22.4 Å². The number of aryl methyl sites for hydroxylation is 1. The number of hydrogen-bond donors (Lipinski definition) is 1. The molecule has 0 aliphatic heterocycles. The van der Waals surface area contributed by atoms with Crippen LogP contribution in [-0.4, -0.2) is 16.0 Å². The third kappa shape index (κ3) is 5.34. The zero-order valence-electron chi connectivity index (χ0n) is 20.2. The standard InChI is InChI=1S/C28H29N3O3/c1-18-7-6-8-24(19(18)2)33-17-25-30-26(31-34-25)20-11-15-23(16-12-20)29-27(32)21-9-13-22(14-10-21)28(3,4)5/h6-16H,17H2,1-5H3,(H,29,32). The molecule has 0 aliphatic carbocycles. The van der Waals surface area contributed by atoms with Gasteiger partial charge in [-0.05, 0) is 78.4 Å². The van der Waals surface area contributed by atoms with Crippen molar-refractivity contribution < 1.29 is 14.1 Å². The van der Waals surface area contributed by atoms with E-state index < -0.39 is 0 Å². The predicted molar refractivity (Wildman–Crippen MR) is 133 cm³/mol. The molecule has 0 bridgehead atoms. The summed E-state index contributed by atoms with van der Waals surface area (Å²) in [5, 5.41) is 6.98. The van der Waals surface area contributed by atoms with Crippen molar-refractivity contribution in [3.8, 4) is 17.1 Å². The van der Waals surface area contributed by atoms with Crippen LogP contribution in [0.15, 0.2) is 71.3 Å². The first kappa shape index (κ1) is 23.2. The van der Waals surface area contributed by atoms with Gasteiger partial charge in [0.15, 0.2) is 6.61 Å². The van der Waals surface area contributed by atoms with Gasteiger partial charge in [-0.25, -0.2) is 0 Å². The van der Waals surface area contributed by atoms with Crippen LogP contribution in [0.3, 0.4) is 0 Å². The molecule has 0 saturated carbocycles. The van der Waals surface area contributed by atoms with Gasteiger partial charge < -0.3 is 14.6 Å². The van der Waals surface area contributed by atoms with Crippen molar-refractivity contribution in [1.82, 2.24) is 10.1 Å². The average Bonchev–Trinajstić information content (AvgIpc) is 3.29. The van der Waals surface area contributed by atoms with E-state index in [0.29, 0.717) is 23.0 Å². The number of nitrogens with zero attached hydrogens (tertiary/aromatic N) is 2. The third-order valence-electron chi connectivity index (χ3n) is 5.79. The maximum Gasteiger partial charge on any atom is 0.264 e. The highest BCUT2D eigenvalue weighted by Gasteiger charge is 2.15. The van der Waals surface area contributed by atoms with E-state index in [-0.39, 0.29) is 17.9 Å². The van der Waals surface area contributed by atoms with Crippen molar-refractivity contribution in [2.24, 2.45) is 0 Å². The third-order valence-corrected chi connectivity index (χ3v) is 5.79. The van der Waals surface area contributed by atoms with Gasteiger partial charge in [0, 0.05) is 16.8 Å². The summed E-state index contributed by atoms with van der Waals surface area (Å²) in [4.78, 5) is 17.0. The van der Waals surface area contributed by atoms with Gasteiger partial charge in [0.2, 0.25) is 5.82 Å². The molecular weight excluding hydrogens is 426 g/mol. The number of hydrogen-bond acceptors (Lipinski definition) is 5. The Morgan fingerprint density at radius 1 is 0.971 bits per heavy atom. The summed E-state index contributed by atoms with van der Waals surface area (Å²) in [7, 11) is 0. The van der Waals surface area contributed by atoms with Crippen molar-refractivity contribution in [3.63, 3.8) is 0 Å². The summed E-state index contributed by atoms with van der Waals surface area (Å²) < 4.78 is 11.2. The molecule has 4 rings (SSSR count). The number of carbonyl (C=O) groups is 1. The van der Waals surface area contributed by atoms with Gasteiger partial charge in [0.05, 0.1) is 0 Å². The van der Waals surface area contributed by atoms with E-state index in [1.807, 2.05) is 80.6 Å². The van der Waals surface area contributed by atoms with E-state index in [4.69, 9.17) is 9.26 Å². The lowest BCUT2D eigenvalue weighted by Gasteiger charge is -2.19. The minimum Gasteiger partial charge on any atom is -0.483 e. The van der Waals surface area contributed by atoms with Gasteiger partial charge >= 0.3 is 0 Å². The Morgan fingerprint density at radius 2 is 1.68 bits per heavy atom. The summed E-state index contributed by atoms with van der Waals surface area (Å²) in [6.45, 7) is 10.7. The average molecular weight is 456 g/mol. The highest BCUT2D eigenvalue weighted by molar-refractivity contribution is 6.04. The maximum absolute atomic E-state index is 12.6. The Hall–Kier alpha value is -3.93.